The summed E-state index contributed by atoms with van der Waals surface area (Å²) >= 11 is 6.09. The molecule has 1 aliphatic rings. The van der Waals surface area contributed by atoms with Crippen molar-refractivity contribution in [3.8, 4) is 11.1 Å². The Bertz CT molecular complexity index is 1030. The molecule has 0 saturated carbocycles. The Hall–Kier alpha value is -3.11. The first kappa shape index (κ1) is 18.3. The molecule has 3 aromatic rings. The van der Waals surface area contributed by atoms with E-state index in [1.54, 1.807) is 11.8 Å². The molecule has 1 heterocycles. The minimum absolute atomic E-state index is 0.344. The van der Waals surface area contributed by atoms with Crippen LogP contribution < -0.4 is 9.80 Å². The second-order valence-electron chi connectivity index (χ2n) is 6.82. The van der Waals surface area contributed by atoms with E-state index >= 15 is 0 Å². The van der Waals surface area contributed by atoms with Crippen LogP contribution in [-0.4, -0.2) is 18.2 Å². The Labute approximate surface area is 170 Å². The Balaban J connectivity index is 1.91. The van der Waals surface area contributed by atoms with Crippen molar-refractivity contribution in [2.24, 2.45) is 0 Å². The first-order valence-corrected chi connectivity index (χ1v) is 9.57. The highest BCUT2D eigenvalue weighted by Crippen LogP contribution is 2.40. The summed E-state index contributed by atoms with van der Waals surface area (Å²) in [4.78, 5) is 3.93. The van der Waals surface area contributed by atoms with Crippen LogP contribution in [0.1, 0.15) is 13.3 Å². The van der Waals surface area contributed by atoms with Crippen molar-refractivity contribution in [1.82, 2.24) is 0 Å². The van der Waals surface area contributed by atoms with Crippen LogP contribution in [0.15, 0.2) is 72.8 Å². The maximum absolute atomic E-state index is 8.49. The highest BCUT2D eigenvalue weighted by molar-refractivity contribution is 6.30. The lowest BCUT2D eigenvalue weighted by Gasteiger charge is -2.27. The lowest BCUT2D eigenvalue weighted by atomic mass is 10.0. The number of rotatable bonds is 2. The third-order valence-corrected chi connectivity index (χ3v) is 5.18. The van der Waals surface area contributed by atoms with Crippen LogP contribution in [-0.2, 0) is 0 Å². The van der Waals surface area contributed by atoms with Crippen molar-refractivity contribution >= 4 is 40.3 Å². The molecule has 0 amide bonds. The van der Waals surface area contributed by atoms with Gasteiger partial charge >= 0.3 is 0 Å². The topological polar surface area (TPSA) is 54.2 Å². The summed E-state index contributed by atoms with van der Waals surface area (Å²) in [6.45, 7) is 2.39. The average Bonchev–Trinajstić information content (AvgIpc) is 2.85. The van der Waals surface area contributed by atoms with E-state index in [1.165, 1.54) is 0 Å². The molecule has 3 aromatic carbocycles. The predicted octanol–water partition coefficient (Wildman–Crippen LogP) is 6.33. The van der Waals surface area contributed by atoms with Gasteiger partial charge in [-0.25, -0.2) is 0 Å². The van der Waals surface area contributed by atoms with Gasteiger partial charge in [-0.2, -0.15) is 0 Å². The molecule has 5 heteroatoms. The van der Waals surface area contributed by atoms with Crippen molar-refractivity contribution < 1.29 is 0 Å². The van der Waals surface area contributed by atoms with Gasteiger partial charge in [-0.05, 0) is 54.4 Å². The zero-order valence-corrected chi connectivity index (χ0v) is 16.4. The van der Waals surface area contributed by atoms with E-state index in [4.69, 9.17) is 22.4 Å². The van der Waals surface area contributed by atoms with Crippen molar-refractivity contribution in [3.05, 3.63) is 77.8 Å². The zero-order valence-electron chi connectivity index (χ0n) is 15.6. The minimum atomic E-state index is 0.344. The number of halogens is 1. The van der Waals surface area contributed by atoms with Gasteiger partial charge in [-0.1, -0.05) is 48.0 Å². The first-order chi connectivity index (χ1) is 13.5. The van der Waals surface area contributed by atoms with Crippen LogP contribution in [0, 0.1) is 10.8 Å². The summed E-state index contributed by atoms with van der Waals surface area (Å²) in [7, 11) is 0. The number of hydrogen-bond donors (Lipinski definition) is 2. The maximum atomic E-state index is 8.49. The molecule has 4 nitrogen and oxygen atoms in total. The number of benzene rings is 3. The number of nitrogens with zero attached hydrogens (tertiary/aromatic N) is 2. The fourth-order valence-corrected chi connectivity index (χ4v) is 3.73. The average molecular weight is 389 g/mol. The monoisotopic (exact) mass is 388 g/mol. The number of anilines is 3. The fourth-order valence-electron chi connectivity index (χ4n) is 3.61. The third-order valence-electron chi connectivity index (χ3n) is 4.93. The molecule has 28 heavy (non-hydrogen) atoms. The molecular weight excluding hydrogens is 368 g/mol. The highest BCUT2D eigenvalue weighted by Gasteiger charge is 2.26. The largest absolute Gasteiger partial charge is 0.339 e. The molecular formula is C23H21ClN4. The predicted molar refractivity (Wildman–Crippen MR) is 119 cm³/mol. The molecule has 0 radical (unpaired) electrons. The summed E-state index contributed by atoms with van der Waals surface area (Å²) in [6.07, 6.45) is 0.550. The molecule has 0 aromatic heterocycles. The van der Waals surface area contributed by atoms with Gasteiger partial charge in [0, 0.05) is 23.7 Å². The van der Waals surface area contributed by atoms with Crippen molar-refractivity contribution in [2.45, 2.75) is 13.3 Å². The van der Waals surface area contributed by atoms with E-state index in [9.17, 15) is 0 Å². The Morgan fingerprint density at radius 3 is 2.29 bits per heavy atom. The molecule has 140 valence electrons. The fraction of sp³-hybridized carbons (Fsp3) is 0.130. The van der Waals surface area contributed by atoms with E-state index in [1.807, 2.05) is 48.5 Å². The van der Waals surface area contributed by atoms with Gasteiger partial charge in [0.25, 0.3) is 0 Å². The van der Waals surface area contributed by atoms with E-state index in [-0.39, 0.29) is 0 Å². The molecule has 0 atom stereocenters. The number of nitrogens with one attached hydrogen (secondary N) is 2. The first-order valence-electron chi connectivity index (χ1n) is 9.20. The normalized spacial score (nSPS) is 13.9. The number of fused-ring (bicyclic) bond motifs is 1. The standard InChI is InChI=1S/C23H21ClN4/c1-16(25)28-21-12-7-18(17-5-3-2-4-6-17)15-22(21)27(14-13-23(28)26)20-10-8-19(24)9-11-20/h2-12,15,25-26H,13-14H2,1H3. The van der Waals surface area contributed by atoms with Crippen LogP contribution in [0.3, 0.4) is 0 Å². The summed E-state index contributed by atoms with van der Waals surface area (Å²) in [5.74, 6) is 0.773. The van der Waals surface area contributed by atoms with Gasteiger partial charge in [-0.15, -0.1) is 0 Å². The lowest BCUT2D eigenvalue weighted by Crippen LogP contribution is -2.33. The minimum Gasteiger partial charge on any atom is -0.339 e. The molecule has 1 aliphatic heterocycles. The molecule has 0 spiro atoms. The zero-order chi connectivity index (χ0) is 19.7. The molecule has 0 unspecified atom stereocenters. The summed E-state index contributed by atoms with van der Waals surface area (Å²) in [5, 5.41) is 17.4. The van der Waals surface area contributed by atoms with E-state index < -0.39 is 0 Å². The quantitative estimate of drug-likeness (QED) is 0.398. The van der Waals surface area contributed by atoms with E-state index in [0.717, 1.165) is 28.2 Å². The third kappa shape index (κ3) is 3.39. The Morgan fingerprint density at radius 2 is 1.61 bits per heavy atom. The summed E-state index contributed by atoms with van der Waals surface area (Å²) in [6, 6.07) is 24.2. The van der Waals surface area contributed by atoms with Gasteiger partial charge in [-0.3, -0.25) is 15.7 Å². The molecule has 4 rings (SSSR count). The molecule has 0 saturated heterocycles. The van der Waals surface area contributed by atoms with Gasteiger partial charge in [0.2, 0.25) is 0 Å². The van der Waals surface area contributed by atoms with Crippen LogP contribution in [0.2, 0.25) is 5.02 Å². The summed E-state index contributed by atoms with van der Waals surface area (Å²) in [5.41, 5.74) is 5.10. The van der Waals surface area contributed by atoms with E-state index in [0.29, 0.717) is 29.7 Å². The molecule has 0 bridgehead atoms. The summed E-state index contributed by atoms with van der Waals surface area (Å²) < 4.78 is 0. The lowest BCUT2D eigenvalue weighted by molar-refractivity contribution is 0.970. The van der Waals surface area contributed by atoms with Crippen molar-refractivity contribution in [3.63, 3.8) is 0 Å². The second-order valence-corrected chi connectivity index (χ2v) is 7.25. The molecule has 0 aliphatic carbocycles. The second kappa shape index (κ2) is 7.49. The van der Waals surface area contributed by atoms with Crippen LogP contribution in [0.25, 0.3) is 11.1 Å². The number of amidine groups is 2. The highest BCUT2D eigenvalue weighted by atomic mass is 35.5. The van der Waals surface area contributed by atoms with Crippen LogP contribution in [0.5, 0.6) is 0 Å². The van der Waals surface area contributed by atoms with Gasteiger partial charge in [0.15, 0.2) is 0 Å². The van der Waals surface area contributed by atoms with Gasteiger partial charge in [0.05, 0.1) is 11.4 Å². The Morgan fingerprint density at radius 1 is 0.893 bits per heavy atom. The van der Waals surface area contributed by atoms with E-state index in [2.05, 4.69) is 29.2 Å². The van der Waals surface area contributed by atoms with Gasteiger partial charge < -0.3 is 4.90 Å². The van der Waals surface area contributed by atoms with Crippen molar-refractivity contribution in [2.75, 3.05) is 16.3 Å². The smallest absolute Gasteiger partial charge is 0.108 e. The molecule has 2 N–H and O–H groups in total. The Kier molecular flexibility index (Phi) is 4.88. The van der Waals surface area contributed by atoms with Crippen molar-refractivity contribution in [1.29, 1.82) is 10.8 Å². The number of hydrogen-bond acceptors (Lipinski definition) is 3. The molecule has 0 fully saturated rings. The van der Waals surface area contributed by atoms with Crippen LogP contribution >= 0.6 is 11.6 Å². The SMILES string of the molecule is CC(=N)N1C(=N)CCN(c2ccc(Cl)cc2)c2cc(-c3ccccc3)ccc21. The maximum Gasteiger partial charge on any atom is 0.108 e. The van der Waals surface area contributed by atoms with Gasteiger partial charge in [0.1, 0.15) is 11.7 Å². The van der Waals surface area contributed by atoms with Crippen LogP contribution in [0.4, 0.5) is 17.1 Å².